The fourth-order valence-corrected chi connectivity index (χ4v) is 7.47. The maximum atomic E-state index is 13.5. The van der Waals surface area contributed by atoms with Crippen molar-refractivity contribution >= 4 is 58.1 Å². The lowest BCUT2D eigenvalue weighted by Gasteiger charge is -2.12. The number of thiophene rings is 1. The van der Waals surface area contributed by atoms with Gasteiger partial charge in [-0.05, 0) is 53.9 Å². The highest BCUT2D eigenvalue weighted by Gasteiger charge is 2.24. The van der Waals surface area contributed by atoms with Crippen molar-refractivity contribution in [3.05, 3.63) is 90.6 Å². The SMILES string of the molecule is N#Cc1ccc(S(=O)(=O)Nc2cccc3ccn(S(=O)(=O)c4cc5ccccc5s4)c23)cc1. The van der Waals surface area contributed by atoms with Gasteiger partial charge in [-0.2, -0.15) is 13.7 Å². The van der Waals surface area contributed by atoms with Crippen LogP contribution in [0.3, 0.4) is 0 Å². The molecule has 0 amide bonds. The minimum atomic E-state index is -4.02. The van der Waals surface area contributed by atoms with Crippen LogP contribution in [0.2, 0.25) is 0 Å². The third-order valence-electron chi connectivity index (χ3n) is 5.13. The molecule has 2 aromatic heterocycles. The van der Waals surface area contributed by atoms with Gasteiger partial charge in [0.15, 0.2) is 0 Å². The summed E-state index contributed by atoms with van der Waals surface area (Å²) >= 11 is 1.16. The van der Waals surface area contributed by atoms with Crippen molar-refractivity contribution in [2.75, 3.05) is 4.72 Å². The molecule has 2 heterocycles. The first-order valence-corrected chi connectivity index (χ1v) is 13.4. The summed E-state index contributed by atoms with van der Waals surface area (Å²) < 4.78 is 57.5. The average Bonchev–Trinajstić information content (AvgIpc) is 3.45. The number of nitriles is 1. The number of hydrogen-bond acceptors (Lipinski definition) is 6. The fourth-order valence-electron chi connectivity index (χ4n) is 3.54. The number of hydrogen-bond donors (Lipinski definition) is 1. The molecule has 0 bridgehead atoms. The van der Waals surface area contributed by atoms with Crippen LogP contribution in [0.4, 0.5) is 5.69 Å². The second kappa shape index (κ2) is 7.74. The van der Waals surface area contributed by atoms with E-state index in [1.165, 1.54) is 36.5 Å². The molecule has 5 rings (SSSR count). The third-order valence-corrected chi connectivity index (χ3v) is 9.75. The first kappa shape index (κ1) is 21.2. The lowest BCUT2D eigenvalue weighted by Crippen LogP contribution is -2.16. The summed E-state index contributed by atoms with van der Waals surface area (Å²) in [6.45, 7) is 0. The molecule has 164 valence electrons. The zero-order chi connectivity index (χ0) is 23.2. The van der Waals surface area contributed by atoms with Gasteiger partial charge in [0, 0.05) is 16.3 Å². The van der Waals surface area contributed by atoms with E-state index >= 15 is 0 Å². The Bertz CT molecular complexity index is 1740. The number of benzene rings is 3. The van der Waals surface area contributed by atoms with E-state index in [0.29, 0.717) is 10.9 Å². The lowest BCUT2D eigenvalue weighted by molar-refractivity contribution is 0.590. The van der Waals surface area contributed by atoms with E-state index in [4.69, 9.17) is 5.26 Å². The van der Waals surface area contributed by atoms with Crippen LogP contribution in [0.5, 0.6) is 0 Å². The van der Waals surface area contributed by atoms with Gasteiger partial charge in [-0.1, -0.05) is 30.3 Å². The van der Waals surface area contributed by atoms with Gasteiger partial charge in [0.1, 0.15) is 4.21 Å². The number of rotatable bonds is 5. The Morgan fingerprint density at radius 2 is 1.58 bits per heavy atom. The minimum absolute atomic E-state index is 0.0380. The van der Waals surface area contributed by atoms with Gasteiger partial charge in [0.2, 0.25) is 0 Å². The smallest absolute Gasteiger partial charge is 0.277 e. The van der Waals surface area contributed by atoms with Crippen LogP contribution in [-0.4, -0.2) is 20.8 Å². The van der Waals surface area contributed by atoms with Crippen LogP contribution in [-0.2, 0) is 20.0 Å². The summed E-state index contributed by atoms with van der Waals surface area (Å²) in [6, 6.07) is 22.9. The van der Waals surface area contributed by atoms with E-state index in [0.717, 1.165) is 25.4 Å². The Morgan fingerprint density at radius 3 is 2.30 bits per heavy atom. The van der Waals surface area contributed by atoms with Gasteiger partial charge in [-0.3, -0.25) is 4.72 Å². The van der Waals surface area contributed by atoms with Gasteiger partial charge in [-0.25, -0.2) is 12.4 Å². The molecule has 10 heteroatoms. The van der Waals surface area contributed by atoms with Gasteiger partial charge < -0.3 is 0 Å². The second-order valence-electron chi connectivity index (χ2n) is 7.20. The average molecular weight is 494 g/mol. The number of anilines is 1. The molecule has 0 aliphatic rings. The van der Waals surface area contributed by atoms with Crippen LogP contribution in [0, 0.1) is 11.3 Å². The van der Waals surface area contributed by atoms with Crippen molar-refractivity contribution in [3.63, 3.8) is 0 Å². The maximum Gasteiger partial charge on any atom is 0.277 e. The third kappa shape index (κ3) is 3.66. The number of aromatic nitrogens is 1. The Balaban J connectivity index is 1.62. The van der Waals surface area contributed by atoms with Gasteiger partial charge >= 0.3 is 0 Å². The van der Waals surface area contributed by atoms with Crippen LogP contribution >= 0.6 is 11.3 Å². The van der Waals surface area contributed by atoms with Crippen LogP contribution < -0.4 is 4.72 Å². The monoisotopic (exact) mass is 493 g/mol. The first-order valence-electron chi connectivity index (χ1n) is 9.67. The molecular weight excluding hydrogens is 478 g/mol. The van der Waals surface area contributed by atoms with Gasteiger partial charge in [0.05, 0.1) is 27.7 Å². The standard InChI is InChI=1S/C23H15N3O4S3/c24-15-16-8-10-19(11-9-16)32(27,28)25-20-6-3-5-17-12-13-26(23(17)20)33(29,30)22-14-18-4-1-2-7-21(18)31-22/h1-14,25H. The summed E-state index contributed by atoms with van der Waals surface area (Å²) in [5.41, 5.74) is 0.693. The normalized spacial score (nSPS) is 12.1. The molecular formula is C23H15N3O4S3. The minimum Gasteiger partial charge on any atom is -0.277 e. The molecule has 1 N–H and O–H groups in total. The van der Waals surface area contributed by atoms with Gasteiger partial charge in [-0.15, -0.1) is 11.3 Å². The lowest BCUT2D eigenvalue weighted by atomic mass is 10.2. The molecule has 33 heavy (non-hydrogen) atoms. The van der Waals surface area contributed by atoms with Crippen LogP contribution in [0.1, 0.15) is 5.56 Å². The Labute approximate surface area is 194 Å². The van der Waals surface area contributed by atoms with E-state index < -0.39 is 20.0 Å². The second-order valence-corrected chi connectivity index (χ2v) is 12.0. The van der Waals surface area contributed by atoms with E-state index in [1.54, 1.807) is 24.3 Å². The van der Waals surface area contributed by atoms with Crippen molar-refractivity contribution in [1.82, 2.24) is 3.97 Å². The highest BCUT2D eigenvalue weighted by Crippen LogP contribution is 2.34. The molecule has 0 unspecified atom stereocenters. The first-order chi connectivity index (χ1) is 15.8. The fraction of sp³-hybridized carbons (Fsp3) is 0. The molecule has 7 nitrogen and oxygen atoms in total. The number of sulfonamides is 1. The quantitative estimate of drug-likeness (QED) is 0.379. The predicted octanol–water partition coefficient (Wildman–Crippen LogP) is 4.77. The number of nitrogens with zero attached hydrogens (tertiary/aromatic N) is 2. The summed E-state index contributed by atoms with van der Waals surface area (Å²) in [5, 5.41) is 10.3. The Hall–Kier alpha value is -3.65. The molecule has 0 atom stereocenters. The Kier molecular flexibility index (Phi) is 4.97. The molecule has 0 radical (unpaired) electrons. The van der Waals surface area contributed by atoms with E-state index in [2.05, 4.69) is 4.72 Å². The highest BCUT2D eigenvalue weighted by molar-refractivity contribution is 7.93. The van der Waals surface area contributed by atoms with Crippen LogP contribution in [0.15, 0.2) is 94.2 Å². The largest absolute Gasteiger partial charge is 0.277 e. The number of fused-ring (bicyclic) bond motifs is 2. The van der Waals surface area contributed by atoms with Crippen LogP contribution in [0.25, 0.3) is 21.0 Å². The number of para-hydroxylation sites is 1. The van der Waals surface area contributed by atoms with Gasteiger partial charge in [0.25, 0.3) is 20.0 Å². The summed E-state index contributed by atoms with van der Waals surface area (Å²) in [4.78, 5) is -0.0380. The van der Waals surface area contributed by atoms with Crippen molar-refractivity contribution in [2.45, 2.75) is 9.10 Å². The zero-order valence-corrected chi connectivity index (χ0v) is 19.3. The van der Waals surface area contributed by atoms with Crippen molar-refractivity contribution in [3.8, 4) is 6.07 Å². The molecule has 3 aromatic carbocycles. The zero-order valence-electron chi connectivity index (χ0n) is 16.8. The predicted molar refractivity (Wildman–Crippen MR) is 128 cm³/mol. The van der Waals surface area contributed by atoms with E-state index in [-0.39, 0.29) is 20.3 Å². The summed E-state index contributed by atoms with van der Waals surface area (Å²) in [5.74, 6) is 0. The number of nitrogens with one attached hydrogen (secondary N) is 1. The summed E-state index contributed by atoms with van der Waals surface area (Å²) in [6.07, 6.45) is 1.42. The molecule has 0 aliphatic carbocycles. The van der Waals surface area contributed by atoms with E-state index in [9.17, 15) is 16.8 Å². The molecule has 0 saturated heterocycles. The van der Waals surface area contributed by atoms with Crippen molar-refractivity contribution in [2.24, 2.45) is 0 Å². The molecule has 0 fully saturated rings. The maximum absolute atomic E-state index is 13.5. The molecule has 0 spiro atoms. The van der Waals surface area contributed by atoms with Crippen molar-refractivity contribution < 1.29 is 16.8 Å². The molecule has 5 aromatic rings. The highest BCUT2D eigenvalue weighted by atomic mass is 32.2. The van der Waals surface area contributed by atoms with Crippen molar-refractivity contribution in [1.29, 1.82) is 5.26 Å². The molecule has 0 saturated carbocycles. The topological polar surface area (TPSA) is 109 Å². The molecule has 0 aliphatic heterocycles. The van der Waals surface area contributed by atoms with E-state index in [1.807, 2.05) is 30.3 Å². The Morgan fingerprint density at radius 1 is 0.848 bits per heavy atom. The summed E-state index contributed by atoms with van der Waals surface area (Å²) in [7, 11) is -7.99.